The molecular weight excluding hydrogens is 424 g/mol. The van der Waals surface area contributed by atoms with Crippen LogP contribution in [0.1, 0.15) is 80.6 Å². The average molecular weight is 465 g/mol. The Morgan fingerprint density at radius 1 is 1.09 bits per heavy atom. The largest absolute Gasteiger partial charge is 0.462 e. The van der Waals surface area contributed by atoms with Crippen molar-refractivity contribution in [2.24, 2.45) is 5.92 Å². The van der Waals surface area contributed by atoms with Gasteiger partial charge in [-0.1, -0.05) is 18.6 Å². The molecule has 33 heavy (non-hydrogen) atoms. The van der Waals surface area contributed by atoms with Crippen molar-refractivity contribution in [3.05, 3.63) is 35.1 Å². The van der Waals surface area contributed by atoms with E-state index in [0.29, 0.717) is 31.6 Å². The first-order valence-corrected chi connectivity index (χ1v) is 11.6. The molecule has 0 aliphatic carbocycles. The normalized spacial score (nSPS) is 23.3. The minimum atomic E-state index is -0.645. The van der Waals surface area contributed by atoms with E-state index in [1.807, 2.05) is 45.9 Å². The van der Waals surface area contributed by atoms with Crippen LogP contribution in [0.25, 0.3) is 0 Å². The van der Waals surface area contributed by atoms with Crippen LogP contribution in [0.3, 0.4) is 0 Å². The Labute approximate surface area is 198 Å². The number of carbonyl (C=O) groups is 3. The maximum absolute atomic E-state index is 11.7. The molecule has 7 nitrogen and oxygen atoms in total. The van der Waals surface area contributed by atoms with Gasteiger partial charge in [-0.05, 0) is 70.6 Å². The van der Waals surface area contributed by atoms with E-state index in [9.17, 15) is 14.4 Å². The Hall–Kier alpha value is -2.41. The Morgan fingerprint density at radius 3 is 2.36 bits per heavy atom. The van der Waals surface area contributed by atoms with E-state index in [-0.39, 0.29) is 36.5 Å². The van der Waals surface area contributed by atoms with Gasteiger partial charge in [0.05, 0.1) is 6.61 Å². The molecule has 1 aliphatic heterocycles. The lowest BCUT2D eigenvalue weighted by atomic mass is 9.88. The Kier molecular flexibility index (Phi) is 12.1. The summed E-state index contributed by atoms with van der Waals surface area (Å²) in [6, 6.07) is 0. The van der Waals surface area contributed by atoms with Gasteiger partial charge in [0.1, 0.15) is 24.1 Å². The third-order valence-corrected chi connectivity index (χ3v) is 5.60. The lowest BCUT2D eigenvalue weighted by Crippen LogP contribution is -2.43. The van der Waals surface area contributed by atoms with Crippen LogP contribution in [-0.4, -0.2) is 42.8 Å². The highest BCUT2D eigenvalue weighted by molar-refractivity contribution is 5.67. The second-order valence-corrected chi connectivity index (χ2v) is 9.10. The quantitative estimate of drug-likeness (QED) is 0.144. The molecule has 1 saturated heterocycles. The molecule has 1 rings (SSSR count). The van der Waals surface area contributed by atoms with Gasteiger partial charge >= 0.3 is 17.9 Å². The van der Waals surface area contributed by atoms with Crippen molar-refractivity contribution in [1.29, 1.82) is 0 Å². The van der Waals surface area contributed by atoms with Crippen molar-refractivity contribution in [2.75, 3.05) is 13.2 Å². The predicted molar refractivity (Wildman–Crippen MR) is 126 cm³/mol. The lowest BCUT2D eigenvalue weighted by molar-refractivity contribution is -0.167. The maximum atomic E-state index is 11.7. The molecule has 186 valence electrons. The van der Waals surface area contributed by atoms with Crippen LogP contribution in [0, 0.1) is 5.92 Å². The van der Waals surface area contributed by atoms with Gasteiger partial charge in [-0.2, -0.15) is 0 Å². The molecule has 0 spiro atoms. The molecule has 0 amide bonds. The minimum absolute atomic E-state index is 0.0465. The SMILES string of the molecule is CC(=O)OC/C=C1\CC[C@@H](OC(C)=O)[C@](C)(CCCC(C)/C(=C/C=C(C)C)OC(C)=O)OC1. The van der Waals surface area contributed by atoms with Crippen LogP contribution in [0.2, 0.25) is 0 Å². The zero-order chi connectivity index (χ0) is 25.0. The van der Waals surface area contributed by atoms with E-state index in [1.54, 1.807) is 0 Å². The van der Waals surface area contributed by atoms with E-state index >= 15 is 0 Å². The molecule has 0 aromatic carbocycles. The van der Waals surface area contributed by atoms with Gasteiger partial charge in [0.2, 0.25) is 0 Å². The van der Waals surface area contributed by atoms with Gasteiger partial charge in [-0.25, -0.2) is 0 Å². The zero-order valence-electron chi connectivity index (χ0n) is 21.2. The molecule has 0 bridgehead atoms. The highest BCUT2D eigenvalue weighted by Gasteiger charge is 2.39. The maximum Gasteiger partial charge on any atom is 0.307 e. The third-order valence-electron chi connectivity index (χ3n) is 5.60. The molecule has 1 unspecified atom stereocenters. The highest BCUT2D eigenvalue weighted by Crippen LogP contribution is 2.34. The van der Waals surface area contributed by atoms with E-state index in [4.69, 9.17) is 18.9 Å². The second kappa shape index (κ2) is 14.0. The molecular formula is C26H40O7. The first kappa shape index (κ1) is 28.6. The lowest BCUT2D eigenvalue weighted by Gasteiger charge is -2.35. The minimum Gasteiger partial charge on any atom is -0.462 e. The van der Waals surface area contributed by atoms with Crippen LogP contribution in [-0.2, 0) is 33.3 Å². The van der Waals surface area contributed by atoms with E-state index < -0.39 is 5.60 Å². The summed E-state index contributed by atoms with van der Waals surface area (Å²) in [6.45, 7) is 12.8. The molecule has 0 saturated carbocycles. The predicted octanol–water partition coefficient (Wildman–Crippen LogP) is 5.20. The van der Waals surface area contributed by atoms with Gasteiger partial charge < -0.3 is 18.9 Å². The van der Waals surface area contributed by atoms with Crippen LogP contribution < -0.4 is 0 Å². The molecule has 0 radical (unpaired) electrons. The summed E-state index contributed by atoms with van der Waals surface area (Å²) in [6.07, 6.45) is 8.88. The van der Waals surface area contributed by atoms with Gasteiger partial charge in [0.25, 0.3) is 0 Å². The molecule has 7 heteroatoms. The molecule has 1 fully saturated rings. The second-order valence-electron chi connectivity index (χ2n) is 9.10. The molecule has 1 heterocycles. The van der Waals surface area contributed by atoms with Gasteiger partial charge in [-0.15, -0.1) is 0 Å². The molecule has 3 atom stereocenters. The van der Waals surface area contributed by atoms with Gasteiger partial charge in [0, 0.05) is 26.7 Å². The topological polar surface area (TPSA) is 88.1 Å². The monoisotopic (exact) mass is 464 g/mol. The fraction of sp³-hybridized carbons (Fsp3) is 0.654. The van der Waals surface area contributed by atoms with E-state index in [1.165, 1.54) is 20.8 Å². The third kappa shape index (κ3) is 11.3. The molecule has 0 N–H and O–H groups in total. The van der Waals surface area contributed by atoms with Crippen LogP contribution in [0.5, 0.6) is 0 Å². The smallest absolute Gasteiger partial charge is 0.307 e. The van der Waals surface area contributed by atoms with Crippen molar-refractivity contribution in [3.63, 3.8) is 0 Å². The van der Waals surface area contributed by atoms with Crippen molar-refractivity contribution in [2.45, 2.75) is 92.3 Å². The van der Waals surface area contributed by atoms with Crippen LogP contribution >= 0.6 is 0 Å². The number of allylic oxidation sites excluding steroid dienone is 4. The fourth-order valence-corrected chi connectivity index (χ4v) is 3.71. The summed E-state index contributed by atoms with van der Waals surface area (Å²) in [5.74, 6) is -0.312. The van der Waals surface area contributed by atoms with Gasteiger partial charge in [0.15, 0.2) is 0 Å². The van der Waals surface area contributed by atoms with Crippen LogP contribution in [0.15, 0.2) is 35.1 Å². The molecule has 0 aromatic heterocycles. The number of rotatable bonds is 10. The van der Waals surface area contributed by atoms with Crippen molar-refractivity contribution >= 4 is 17.9 Å². The molecule has 1 aliphatic rings. The number of carbonyl (C=O) groups excluding carboxylic acids is 3. The first-order chi connectivity index (χ1) is 15.4. The number of hydrogen-bond donors (Lipinski definition) is 0. The Bertz CT molecular complexity index is 774. The average Bonchev–Trinajstić information content (AvgIpc) is 2.84. The summed E-state index contributed by atoms with van der Waals surface area (Å²) >= 11 is 0. The standard InChI is InChI=1S/C26H40O7/c1-18(2)10-12-24(32-21(5)28)19(3)9-8-15-26(7)25(33-22(6)29)13-11-23(17-31-26)14-16-30-20(4)27/h10,12,14,19,25H,8-9,11,13,15-17H2,1-7H3/b23-14+,24-12-/t19?,25-,26+/m1/s1. The fourth-order valence-electron chi connectivity index (χ4n) is 3.71. The van der Waals surface area contributed by atoms with Crippen molar-refractivity contribution in [3.8, 4) is 0 Å². The highest BCUT2D eigenvalue weighted by atomic mass is 16.6. The first-order valence-electron chi connectivity index (χ1n) is 11.6. The summed E-state index contributed by atoms with van der Waals surface area (Å²) in [5, 5.41) is 0. The summed E-state index contributed by atoms with van der Waals surface area (Å²) in [5.41, 5.74) is 1.49. The molecule has 0 aromatic rings. The van der Waals surface area contributed by atoms with Gasteiger partial charge in [-0.3, -0.25) is 14.4 Å². The van der Waals surface area contributed by atoms with Crippen molar-refractivity contribution < 1.29 is 33.3 Å². The van der Waals surface area contributed by atoms with E-state index in [0.717, 1.165) is 24.0 Å². The zero-order valence-corrected chi connectivity index (χ0v) is 21.2. The summed E-state index contributed by atoms with van der Waals surface area (Å²) in [4.78, 5) is 34.3. The summed E-state index contributed by atoms with van der Waals surface area (Å²) < 4.78 is 22.3. The number of hydrogen-bond acceptors (Lipinski definition) is 7. The Morgan fingerprint density at radius 2 is 1.79 bits per heavy atom. The van der Waals surface area contributed by atoms with Crippen LogP contribution in [0.4, 0.5) is 0 Å². The summed E-state index contributed by atoms with van der Waals surface area (Å²) in [7, 11) is 0. The Balaban J connectivity index is 2.86. The van der Waals surface area contributed by atoms with E-state index in [2.05, 4.69) is 0 Å². The van der Waals surface area contributed by atoms with Crippen molar-refractivity contribution in [1.82, 2.24) is 0 Å². The number of ether oxygens (including phenoxy) is 4. The number of esters is 3.